The fraction of sp³-hybridized carbons (Fsp3) is 0.250. The lowest BCUT2D eigenvalue weighted by Gasteiger charge is -2.06. The molecule has 0 saturated carbocycles. The zero-order chi connectivity index (χ0) is 13.3. The van der Waals surface area contributed by atoms with E-state index in [1.165, 1.54) is 6.20 Å². The summed E-state index contributed by atoms with van der Waals surface area (Å²) in [6.45, 7) is 4.00. The summed E-state index contributed by atoms with van der Waals surface area (Å²) in [5.41, 5.74) is 2.19. The van der Waals surface area contributed by atoms with Gasteiger partial charge in [0.25, 0.3) is 0 Å². The molecule has 2 heterocycles. The van der Waals surface area contributed by atoms with Gasteiger partial charge >= 0.3 is 5.97 Å². The molecule has 0 spiro atoms. The van der Waals surface area contributed by atoms with Crippen LogP contribution in [-0.4, -0.2) is 25.8 Å². The molecule has 0 aliphatic rings. The first-order chi connectivity index (χ1) is 8.50. The molecule has 0 unspecified atom stereocenters. The average molecular weight is 266 g/mol. The van der Waals surface area contributed by atoms with Crippen molar-refractivity contribution >= 4 is 17.6 Å². The molecule has 0 aromatic carbocycles. The zero-order valence-electron chi connectivity index (χ0n) is 10.0. The van der Waals surface area contributed by atoms with Crippen molar-refractivity contribution in [3.8, 4) is 0 Å². The number of hydrogen-bond donors (Lipinski definition) is 1. The van der Waals surface area contributed by atoms with Crippen LogP contribution in [0.1, 0.15) is 27.4 Å². The second-order valence-corrected chi connectivity index (χ2v) is 4.34. The van der Waals surface area contributed by atoms with Crippen molar-refractivity contribution in [3.63, 3.8) is 0 Å². The van der Waals surface area contributed by atoms with Gasteiger partial charge in [-0.1, -0.05) is 17.7 Å². The van der Waals surface area contributed by atoms with Crippen LogP contribution >= 0.6 is 11.6 Å². The van der Waals surface area contributed by atoms with Crippen LogP contribution in [0.3, 0.4) is 0 Å². The smallest absolute Gasteiger partial charge is 0.354 e. The van der Waals surface area contributed by atoms with Gasteiger partial charge in [0.1, 0.15) is 0 Å². The number of aromatic nitrogens is 3. The van der Waals surface area contributed by atoms with Gasteiger partial charge in [-0.2, -0.15) is 5.10 Å². The number of carboxylic acids is 1. The summed E-state index contributed by atoms with van der Waals surface area (Å²) >= 11 is 6.05. The first-order valence-corrected chi connectivity index (χ1v) is 5.75. The van der Waals surface area contributed by atoms with Crippen molar-refractivity contribution < 1.29 is 9.90 Å². The molecule has 0 fully saturated rings. The van der Waals surface area contributed by atoms with E-state index in [2.05, 4.69) is 10.1 Å². The number of carbonyl (C=O) groups is 1. The Kier molecular flexibility index (Phi) is 3.34. The van der Waals surface area contributed by atoms with E-state index in [-0.39, 0.29) is 5.69 Å². The molecule has 1 N–H and O–H groups in total. The zero-order valence-corrected chi connectivity index (χ0v) is 10.8. The highest BCUT2D eigenvalue weighted by molar-refractivity contribution is 6.31. The number of rotatable bonds is 3. The summed E-state index contributed by atoms with van der Waals surface area (Å²) < 4.78 is 1.68. The van der Waals surface area contributed by atoms with Crippen molar-refractivity contribution in [2.45, 2.75) is 20.4 Å². The van der Waals surface area contributed by atoms with Crippen molar-refractivity contribution in [1.82, 2.24) is 14.8 Å². The van der Waals surface area contributed by atoms with Crippen LogP contribution < -0.4 is 0 Å². The van der Waals surface area contributed by atoms with Crippen molar-refractivity contribution in [1.29, 1.82) is 0 Å². The Morgan fingerprint density at radius 2 is 2.22 bits per heavy atom. The third-order valence-electron chi connectivity index (χ3n) is 2.71. The second kappa shape index (κ2) is 4.78. The highest BCUT2D eigenvalue weighted by Gasteiger charge is 2.14. The largest absolute Gasteiger partial charge is 0.477 e. The first kappa shape index (κ1) is 12.6. The number of hydrogen-bond acceptors (Lipinski definition) is 3. The molecule has 0 aliphatic carbocycles. The molecular weight excluding hydrogens is 254 g/mol. The molecule has 0 bridgehead atoms. The summed E-state index contributed by atoms with van der Waals surface area (Å²) in [4.78, 5) is 14.9. The minimum atomic E-state index is -1.04. The highest BCUT2D eigenvalue weighted by atomic mass is 35.5. The van der Waals surface area contributed by atoms with E-state index >= 15 is 0 Å². The summed E-state index contributed by atoms with van der Waals surface area (Å²) in [7, 11) is 0. The second-order valence-electron chi connectivity index (χ2n) is 3.96. The fourth-order valence-electron chi connectivity index (χ4n) is 1.75. The van der Waals surface area contributed by atoms with Crippen LogP contribution in [0.15, 0.2) is 18.3 Å². The molecule has 0 atom stereocenters. The molecule has 5 nitrogen and oxygen atoms in total. The monoisotopic (exact) mass is 265 g/mol. The number of carboxylic acid groups (broad SMARTS) is 1. The standard InChI is InChI=1S/C12H12ClN3O2/c1-7-10(13)8(2)16(15-7)6-9-4-3-5-14-11(9)12(17)18/h3-5H,6H2,1-2H3,(H,17,18). The van der Waals surface area contributed by atoms with E-state index in [9.17, 15) is 4.79 Å². The van der Waals surface area contributed by atoms with Crippen LogP contribution in [0.25, 0.3) is 0 Å². The van der Waals surface area contributed by atoms with Crippen LogP contribution in [-0.2, 0) is 6.54 Å². The quantitative estimate of drug-likeness (QED) is 0.925. The molecule has 18 heavy (non-hydrogen) atoms. The van der Waals surface area contributed by atoms with Crippen LogP contribution in [0.5, 0.6) is 0 Å². The summed E-state index contributed by atoms with van der Waals surface area (Å²) in [6.07, 6.45) is 1.46. The Bertz CT molecular complexity index is 607. The van der Waals surface area contributed by atoms with Crippen LogP contribution in [0.4, 0.5) is 0 Å². The summed E-state index contributed by atoms with van der Waals surface area (Å²) in [5.74, 6) is -1.04. The molecule has 2 aromatic heterocycles. The van der Waals surface area contributed by atoms with Gasteiger partial charge in [-0.3, -0.25) is 4.68 Å². The molecule has 0 radical (unpaired) electrons. The minimum absolute atomic E-state index is 0.0428. The number of nitrogens with zero attached hydrogens (tertiary/aromatic N) is 3. The lowest BCUT2D eigenvalue weighted by atomic mass is 10.2. The normalized spacial score (nSPS) is 10.6. The topological polar surface area (TPSA) is 68.0 Å². The molecule has 2 rings (SSSR count). The molecular formula is C12H12ClN3O2. The van der Waals surface area contributed by atoms with E-state index in [4.69, 9.17) is 16.7 Å². The maximum atomic E-state index is 11.1. The van der Waals surface area contributed by atoms with Crippen LogP contribution in [0.2, 0.25) is 5.02 Å². The Morgan fingerprint density at radius 1 is 1.50 bits per heavy atom. The van der Waals surface area contributed by atoms with Gasteiger partial charge in [-0.25, -0.2) is 9.78 Å². The maximum Gasteiger partial charge on any atom is 0.354 e. The molecule has 6 heteroatoms. The molecule has 94 valence electrons. The average Bonchev–Trinajstić information content (AvgIpc) is 2.57. The lowest BCUT2D eigenvalue weighted by molar-refractivity contribution is 0.0689. The lowest BCUT2D eigenvalue weighted by Crippen LogP contribution is -2.11. The van der Waals surface area contributed by atoms with Gasteiger partial charge in [0.2, 0.25) is 0 Å². The summed E-state index contributed by atoms with van der Waals surface area (Å²) in [5, 5.41) is 13.9. The number of aromatic carboxylic acids is 1. The maximum absolute atomic E-state index is 11.1. The Balaban J connectivity index is 2.40. The first-order valence-electron chi connectivity index (χ1n) is 5.37. The predicted octanol–water partition coefficient (Wildman–Crippen LogP) is 2.29. The van der Waals surface area contributed by atoms with Gasteiger partial charge in [-0.05, 0) is 19.9 Å². The molecule has 0 saturated heterocycles. The molecule has 0 aliphatic heterocycles. The number of pyridine rings is 1. The van der Waals surface area contributed by atoms with E-state index in [0.717, 1.165) is 11.4 Å². The number of aryl methyl sites for hydroxylation is 1. The Morgan fingerprint density at radius 3 is 2.78 bits per heavy atom. The predicted molar refractivity (Wildman–Crippen MR) is 67.0 cm³/mol. The van der Waals surface area contributed by atoms with E-state index in [1.54, 1.807) is 16.8 Å². The number of halogens is 1. The molecule has 2 aromatic rings. The Hall–Kier alpha value is -1.88. The van der Waals surface area contributed by atoms with Gasteiger partial charge in [-0.15, -0.1) is 0 Å². The van der Waals surface area contributed by atoms with Gasteiger partial charge in [0.05, 0.1) is 23.0 Å². The van der Waals surface area contributed by atoms with Gasteiger partial charge < -0.3 is 5.11 Å². The highest BCUT2D eigenvalue weighted by Crippen LogP contribution is 2.20. The van der Waals surface area contributed by atoms with E-state index in [1.807, 2.05) is 13.8 Å². The third kappa shape index (κ3) is 2.22. The molecule has 0 amide bonds. The SMILES string of the molecule is Cc1nn(Cc2cccnc2C(=O)O)c(C)c1Cl. The summed E-state index contributed by atoms with van der Waals surface area (Å²) in [6, 6.07) is 3.43. The minimum Gasteiger partial charge on any atom is -0.477 e. The third-order valence-corrected chi connectivity index (χ3v) is 3.25. The van der Waals surface area contributed by atoms with E-state index < -0.39 is 5.97 Å². The van der Waals surface area contributed by atoms with Gasteiger partial charge in [0, 0.05) is 11.8 Å². The fourth-order valence-corrected chi connectivity index (χ4v) is 1.88. The van der Waals surface area contributed by atoms with Crippen molar-refractivity contribution in [2.24, 2.45) is 0 Å². The van der Waals surface area contributed by atoms with E-state index in [0.29, 0.717) is 17.1 Å². The van der Waals surface area contributed by atoms with Gasteiger partial charge in [0.15, 0.2) is 5.69 Å². The van der Waals surface area contributed by atoms with Crippen molar-refractivity contribution in [2.75, 3.05) is 0 Å². The van der Waals surface area contributed by atoms with Crippen LogP contribution in [0, 0.1) is 13.8 Å². The van der Waals surface area contributed by atoms with Crippen molar-refractivity contribution in [3.05, 3.63) is 46.0 Å². The Labute approximate surface area is 109 Å².